The van der Waals surface area contributed by atoms with Gasteiger partial charge in [-0.15, -0.1) is 11.8 Å². The Morgan fingerprint density at radius 2 is 1.42 bits per heavy atom. The zero-order valence-corrected chi connectivity index (χ0v) is 18.6. The molecule has 0 aliphatic rings. The summed E-state index contributed by atoms with van der Waals surface area (Å²) < 4.78 is 49.7. The van der Waals surface area contributed by atoms with Gasteiger partial charge < -0.3 is 10.2 Å². The Labute approximate surface area is 171 Å². The lowest BCUT2D eigenvalue weighted by atomic mass is 10.2. The van der Waals surface area contributed by atoms with Crippen molar-refractivity contribution in [1.29, 1.82) is 0 Å². The SMILES string of the molecule is CS(=O)(=O)c1cc(Br)cc(F)c1CO.CSc1cc(Br)cc(F)c1CO. The molecule has 0 aliphatic heterocycles. The van der Waals surface area contributed by atoms with Gasteiger partial charge in [0.15, 0.2) is 9.84 Å². The summed E-state index contributed by atoms with van der Waals surface area (Å²) in [5.74, 6) is -1.10. The molecular formula is C16H16Br2F2O4S2. The number of sulfone groups is 1. The summed E-state index contributed by atoms with van der Waals surface area (Å²) >= 11 is 7.58. The van der Waals surface area contributed by atoms with Gasteiger partial charge in [-0.05, 0) is 30.5 Å². The van der Waals surface area contributed by atoms with Crippen molar-refractivity contribution < 1.29 is 27.4 Å². The van der Waals surface area contributed by atoms with Crippen LogP contribution in [0.4, 0.5) is 8.78 Å². The van der Waals surface area contributed by atoms with Gasteiger partial charge in [-0.2, -0.15) is 0 Å². The van der Waals surface area contributed by atoms with Gasteiger partial charge in [-0.3, -0.25) is 0 Å². The van der Waals surface area contributed by atoms with Crippen LogP contribution in [-0.2, 0) is 23.1 Å². The Bertz CT molecular complexity index is 890. The number of rotatable bonds is 4. The standard InChI is InChI=1S/C8H8BrFO3S.C8H8BrFOS/c1-14(12,13)8-3-5(9)2-7(10)6(8)4-11;1-12-8-3-5(9)2-7(10)6(8)4-11/h2-3,11H,4H2,1H3;2-3,11H,4H2,1H3. The first-order valence-electron chi connectivity index (χ1n) is 6.96. The van der Waals surface area contributed by atoms with Gasteiger partial charge in [-0.25, -0.2) is 17.2 Å². The van der Waals surface area contributed by atoms with Crippen LogP contribution in [-0.4, -0.2) is 31.1 Å². The van der Waals surface area contributed by atoms with Crippen molar-refractivity contribution in [3.63, 3.8) is 0 Å². The molecule has 2 aromatic carbocycles. The molecule has 2 rings (SSSR count). The fourth-order valence-corrected chi connectivity index (χ4v) is 4.75. The third-order valence-corrected chi connectivity index (χ3v) is 6.06. The van der Waals surface area contributed by atoms with Crippen molar-refractivity contribution in [2.75, 3.05) is 12.5 Å². The van der Waals surface area contributed by atoms with E-state index in [-0.39, 0.29) is 22.9 Å². The third kappa shape index (κ3) is 6.28. The lowest BCUT2D eigenvalue weighted by Gasteiger charge is -2.07. The first-order valence-corrected chi connectivity index (χ1v) is 11.7. The zero-order chi connectivity index (χ0) is 20.1. The van der Waals surface area contributed by atoms with Crippen molar-refractivity contribution >= 4 is 53.5 Å². The van der Waals surface area contributed by atoms with Crippen LogP contribution in [0, 0.1) is 11.6 Å². The number of halogens is 4. The highest BCUT2D eigenvalue weighted by Crippen LogP contribution is 2.27. The lowest BCUT2D eigenvalue weighted by Crippen LogP contribution is -2.05. The molecule has 0 amide bonds. The molecule has 0 saturated heterocycles. The van der Waals surface area contributed by atoms with Gasteiger partial charge in [0.25, 0.3) is 0 Å². The molecule has 10 heteroatoms. The van der Waals surface area contributed by atoms with Crippen LogP contribution in [0.1, 0.15) is 11.1 Å². The van der Waals surface area contributed by atoms with Crippen LogP contribution >= 0.6 is 43.6 Å². The molecule has 0 radical (unpaired) electrons. The van der Waals surface area contributed by atoms with Crippen molar-refractivity contribution in [2.24, 2.45) is 0 Å². The molecule has 0 atom stereocenters. The van der Waals surface area contributed by atoms with Gasteiger partial charge in [0, 0.05) is 31.2 Å². The maximum Gasteiger partial charge on any atom is 0.176 e. The summed E-state index contributed by atoms with van der Waals surface area (Å²) in [7, 11) is -3.52. The summed E-state index contributed by atoms with van der Waals surface area (Å²) in [5, 5.41) is 17.7. The number of aliphatic hydroxyl groups is 2. The van der Waals surface area contributed by atoms with E-state index >= 15 is 0 Å². The second kappa shape index (κ2) is 10.1. The average Bonchev–Trinajstić information content (AvgIpc) is 2.53. The fourth-order valence-electron chi connectivity index (χ4n) is 1.98. The Morgan fingerprint density at radius 3 is 1.85 bits per heavy atom. The Kier molecular flexibility index (Phi) is 9.17. The Morgan fingerprint density at radius 1 is 0.962 bits per heavy atom. The predicted octanol–water partition coefficient (Wildman–Crippen LogP) is 4.29. The van der Waals surface area contributed by atoms with Crippen LogP contribution < -0.4 is 0 Å². The van der Waals surface area contributed by atoms with Gasteiger partial charge in [0.1, 0.15) is 11.6 Å². The molecule has 4 nitrogen and oxygen atoms in total. The molecule has 26 heavy (non-hydrogen) atoms. The topological polar surface area (TPSA) is 74.6 Å². The van der Waals surface area contributed by atoms with Crippen molar-refractivity contribution in [2.45, 2.75) is 23.0 Å². The van der Waals surface area contributed by atoms with E-state index < -0.39 is 22.3 Å². The fraction of sp³-hybridized carbons (Fsp3) is 0.250. The lowest BCUT2D eigenvalue weighted by molar-refractivity contribution is 0.272. The number of hydrogen-bond donors (Lipinski definition) is 2. The molecule has 0 unspecified atom stereocenters. The van der Waals surface area contributed by atoms with Crippen molar-refractivity contribution in [1.82, 2.24) is 0 Å². The largest absolute Gasteiger partial charge is 0.392 e. The summed E-state index contributed by atoms with van der Waals surface area (Å²) in [4.78, 5) is 0.580. The van der Waals surface area contributed by atoms with E-state index in [0.29, 0.717) is 14.5 Å². The molecule has 144 valence electrons. The van der Waals surface area contributed by atoms with E-state index in [2.05, 4.69) is 31.9 Å². The maximum absolute atomic E-state index is 13.2. The Hall–Kier alpha value is -0.520. The molecular weight excluding hydrogens is 518 g/mol. The van der Waals surface area contributed by atoms with E-state index in [1.165, 1.54) is 23.9 Å². The van der Waals surface area contributed by atoms with E-state index in [1.807, 2.05) is 6.26 Å². The van der Waals surface area contributed by atoms with Crippen LogP contribution in [0.5, 0.6) is 0 Å². The van der Waals surface area contributed by atoms with Gasteiger partial charge >= 0.3 is 0 Å². The molecule has 0 bridgehead atoms. The van der Waals surface area contributed by atoms with E-state index in [1.54, 1.807) is 6.07 Å². The van der Waals surface area contributed by atoms with Crippen LogP contribution in [0.3, 0.4) is 0 Å². The zero-order valence-electron chi connectivity index (χ0n) is 13.8. The molecule has 0 spiro atoms. The van der Waals surface area contributed by atoms with Gasteiger partial charge in [0.2, 0.25) is 0 Å². The minimum absolute atomic E-state index is 0.188. The molecule has 2 N–H and O–H groups in total. The average molecular weight is 534 g/mol. The van der Waals surface area contributed by atoms with E-state index in [4.69, 9.17) is 10.2 Å². The van der Waals surface area contributed by atoms with Gasteiger partial charge in [0.05, 0.1) is 18.1 Å². The highest BCUT2D eigenvalue weighted by Gasteiger charge is 2.17. The van der Waals surface area contributed by atoms with Crippen LogP contribution in [0.15, 0.2) is 43.0 Å². The molecule has 0 aromatic heterocycles. The Balaban J connectivity index is 0.000000263. The minimum Gasteiger partial charge on any atom is -0.392 e. The second-order valence-electron chi connectivity index (χ2n) is 5.02. The molecule has 0 fully saturated rings. The van der Waals surface area contributed by atoms with Crippen molar-refractivity contribution in [3.05, 3.63) is 56.0 Å². The van der Waals surface area contributed by atoms with Crippen molar-refractivity contribution in [3.8, 4) is 0 Å². The maximum atomic E-state index is 13.2. The highest BCUT2D eigenvalue weighted by atomic mass is 79.9. The quantitative estimate of drug-likeness (QED) is 0.573. The predicted molar refractivity (Wildman–Crippen MR) is 105 cm³/mol. The molecule has 2 aromatic rings. The number of aliphatic hydroxyl groups excluding tert-OH is 2. The summed E-state index contributed by atoms with van der Waals surface area (Å²) in [6.07, 6.45) is 2.81. The smallest absolute Gasteiger partial charge is 0.176 e. The minimum atomic E-state index is -3.52. The summed E-state index contributed by atoms with van der Waals surface area (Å²) in [6.45, 7) is -0.892. The van der Waals surface area contributed by atoms with E-state index in [0.717, 1.165) is 17.2 Å². The first kappa shape index (κ1) is 23.5. The molecule has 0 heterocycles. The summed E-state index contributed by atoms with van der Waals surface area (Å²) in [5.41, 5.74) is 0.168. The first-order chi connectivity index (χ1) is 12.0. The monoisotopic (exact) mass is 532 g/mol. The number of hydrogen-bond acceptors (Lipinski definition) is 5. The highest BCUT2D eigenvalue weighted by molar-refractivity contribution is 9.10. The normalized spacial score (nSPS) is 11.1. The molecule has 0 aliphatic carbocycles. The second-order valence-corrected chi connectivity index (χ2v) is 9.68. The van der Waals surface area contributed by atoms with E-state index in [9.17, 15) is 17.2 Å². The third-order valence-electron chi connectivity index (χ3n) is 3.17. The van der Waals surface area contributed by atoms with Crippen LogP contribution in [0.25, 0.3) is 0 Å². The summed E-state index contributed by atoms with van der Waals surface area (Å²) in [6, 6.07) is 5.52. The number of thioether (sulfide) groups is 1. The molecule has 0 saturated carbocycles. The number of benzene rings is 2. The van der Waals surface area contributed by atoms with Gasteiger partial charge in [-0.1, -0.05) is 31.9 Å². The van der Waals surface area contributed by atoms with Crippen LogP contribution in [0.2, 0.25) is 0 Å².